The van der Waals surface area contributed by atoms with Crippen LogP contribution in [0.4, 0.5) is 5.69 Å². The van der Waals surface area contributed by atoms with Crippen LogP contribution in [0, 0.1) is 11.3 Å². The largest absolute Gasteiger partial charge is 0.383 e. The highest BCUT2D eigenvalue weighted by molar-refractivity contribution is 7.90. The molecule has 1 aliphatic carbocycles. The monoisotopic (exact) mass is 309 g/mol. The molecule has 0 bridgehead atoms. The van der Waals surface area contributed by atoms with Crippen molar-refractivity contribution in [1.29, 1.82) is 0 Å². The van der Waals surface area contributed by atoms with Gasteiger partial charge >= 0.3 is 0 Å². The van der Waals surface area contributed by atoms with Crippen molar-refractivity contribution in [2.45, 2.75) is 50.8 Å². The summed E-state index contributed by atoms with van der Waals surface area (Å²) in [4.78, 5) is 0.405. The molecule has 1 aliphatic rings. The van der Waals surface area contributed by atoms with Gasteiger partial charge in [-0.1, -0.05) is 38.8 Å². The molecule has 1 saturated carbocycles. The SMILES string of the molecule is CC(C)CC1(CNc2ccccc2S(C)(=O)=O)CCCC1. The summed E-state index contributed by atoms with van der Waals surface area (Å²) in [5, 5.41) is 3.43. The van der Waals surface area contributed by atoms with Gasteiger partial charge in [0.2, 0.25) is 0 Å². The van der Waals surface area contributed by atoms with Crippen LogP contribution in [0.15, 0.2) is 29.2 Å². The van der Waals surface area contributed by atoms with Gasteiger partial charge < -0.3 is 5.32 Å². The third-order valence-corrected chi connectivity index (χ3v) is 5.60. The minimum atomic E-state index is -3.18. The molecule has 0 heterocycles. The number of para-hydroxylation sites is 1. The molecular weight excluding hydrogens is 282 g/mol. The predicted octanol–water partition coefficient (Wildman–Crippen LogP) is 4.11. The zero-order valence-electron chi connectivity index (χ0n) is 13.4. The molecule has 1 aromatic rings. The maximum absolute atomic E-state index is 11.9. The number of anilines is 1. The third kappa shape index (κ3) is 4.22. The van der Waals surface area contributed by atoms with Crippen LogP contribution in [-0.2, 0) is 9.84 Å². The minimum Gasteiger partial charge on any atom is -0.383 e. The zero-order chi connectivity index (χ0) is 15.5. The summed E-state index contributed by atoms with van der Waals surface area (Å²) in [6, 6.07) is 7.22. The van der Waals surface area contributed by atoms with Crippen LogP contribution in [0.25, 0.3) is 0 Å². The molecule has 4 heteroatoms. The van der Waals surface area contributed by atoms with E-state index >= 15 is 0 Å². The summed E-state index contributed by atoms with van der Waals surface area (Å²) >= 11 is 0. The lowest BCUT2D eigenvalue weighted by Gasteiger charge is -2.32. The van der Waals surface area contributed by atoms with Gasteiger partial charge in [0.1, 0.15) is 0 Å². The van der Waals surface area contributed by atoms with E-state index in [1.807, 2.05) is 12.1 Å². The van der Waals surface area contributed by atoms with Crippen molar-refractivity contribution in [3.8, 4) is 0 Å². The number of hydrogen-bond acceptors (Lipinski definition) is 3. The van der Waals surface area contributed by atoms with E-state index in [4.69, 9.17) is 0 Å². The minimum absolute atomic E-state index is 0.332. The summed E-state index contributed by atoms with van der Waals surface area (Å²) in [6.07, 6.45) is 7.57. The maximum atomic E-state index is 11.9. The number of nitrogens with one attached hydrogen (secondary N) is 1. The van der Waals surface area contributed by atoms with Crippen molar-refractivity contribution < 1.29 is 8.42 Å². The first-order chi connectivity index (χ1) is 9.82. The molecule has 1 aromatic carbocycles. The van der Waals surface area contributed by atoms with E-state index in [-0.39, 0.29) is 0 Å². The second-order valence-electron chi connectivity index (χ2n) is 6.93. The van der Waals surface area contributed by atoms with Crippen LogP contribution >= 0.6 is 0 Å². The molecular formula is C17H27NO2S. The van der Waals surface area contributed by atoms with Gasteiger partial charge in [0, 0.05) is 12.8 Å². The van der Waals surface area contributed by atoms with Gasteiger partial charge in [0.05, 0.1) is 10.6 Å². The Kier molecular flexibility index (Phi) is 4.97. The molecule has 0 spiro atoms. The fraction of sp³-hybridized carbons (Fsp3) is 0.647. The Bertz CT molecular complexity index is 572. The highest BCUT2D eigenvalue weighted by Crippen LogP contribution is 2.43. The summed E-state index contributed by atoms with van der Waals surface area (Å²) in [5.74, 6) is 0.676. The lowest BCUT2D eigenvalue weighted by atomic mass is 9.78. The normalized spacial score (nSPS) is 18.1. The van der Waals surface area contributed by atoms with E-state index in [1.54, 1.807) is 12.1 Å². The second-order valence-corrected chi connectivity index (χ2v) is 8.91. The van der Waals surface area contributed by atoms with Crippen molar-refractivity contribution in [2.24, 2.45) is 11.3 Å². The molecule has 0 unspecified atom stereocenters. The smallest absolute Gasteiger partial charge is 0.177 e. The molecule has 1 fully saturated rings. The van der Waals surface area contributed by atoms with E-state index < -0.39 is 9.84 Å². The van der Waals surface area contributed by atoms with Gasteiger partial charge in [-0.2, -0.15) is 0 Å². The first kappa shape index (κ1) is 16.3. The summed E-state index contributed by atoms with van der Waals surface area (Å²) < 4.78 is 23.7. The molecule has 0 saturated heterocycles. The molecule has 0 aromatic heterocycles. The van der Waals surface area contributed by atoms with Crippen LogP contribution in [0.3, 0.4) is 0 Å². The van der Waals surface area contributed by atoms with E-state index in [1.165, 1.54) is 38.4 Å². The van der Waals surface area contributed by atoms with Crippen molar-refractivity contribution in [1.82, 2.24) is 0 Å². The summed E-state index contributed by atoms with van der Waals surface area (Å²) in [7, 11) is -3.18. The quantitative estimate of drug-likeness (QED) is 0.860. The summed E-state index contributed by atoms with van der Waals surface area (Å²) in [5.41, 5.74) is 1.08. The topological polar surface area (TPSA) is 46.2 Å². The fourth-order valence-corrected chi connectivity index (χ4v) is 4.53. The number of sulfone groups is 1. The van der Waals surface area contributed by atoms with E-state index in [0.717, 1.165) is 12.2 Å². The highest BCUT2D eigenvalue weighted by Gasteiger charge is 2.34. The average Bonchev–Trinajstić information content (AvgIpc) is 2.84. The van der Waals surface area contributed by atoms with Gasteiger partial charge in [0.25, 0.3) is 0 Å². The zero-order valence-corrected chi connectivity index (χ0v) is 14.2. The van der Waals surface area contributed by atoms with Crippen molar-refractivity contribution >= 4 is 15.5 Å². The number of benzene rings is 1. The Labute approximate surface area is 129 Å². The Morgan fingerprint density at radius 3 is 2.38 bits per heavy atom. The Morgan fingerprint density at radius 2 is 1.81 bits per heavy atom. The molecule has 0 aliphatic heterocycles. The summed E-state index contributed by atoms with van der Waals surface area (Å²) in [6.45, 7) is 5.41. The first-order valence-electron chi connectivity index (χ1n) is 7.85. The van der Waals surface area contributed by atoms with Crippen molar-refractivity contribution in [3.63, 3.8) is 0 Å². The molecule has 3 nitrogen and oxygen atoms in total. The highest BCUT2D eigenvalue weighted by atomic mass is 32.2. The van der Waals surface area contributed by atoms with Gasteiger partial charge in [-0.3, -0.25) is 0 Å². The molecule has 0 atom stereocenters. The van der Waals surface area contributed by atoms with Gasteiger partial charge in [-0.25, -0.2) is 8.42 Å². The van der Waals surface area contributed by atoms with Crippen LogP contribution in [-0.4, -0.2) is 21.2 Å². The van der Waals surface area contributed by atoms with Gasteiger partial charge in [0.15, 0.2) is 9.84 Å². The fourth-order valence-electron chi connectivity index (χ4n) is 3.66. The molecule has 0 amide bonds. The lowest BCUT2D eigenvalue weighted by Crippen LogP contribution is -2.29. The number of rotatable bonds is 6. The van der Waals surface area contributed by atoms with Gasteiger partial charge in [-0.15, -0.1) is 0 Å². The van der Waals surface area contributed by atoms with Crippen molar-refractivity contribution in [3.05, 3.63) is 24.3 Å². The Hall–Kier alpha value is -1.03. The number of hydrogen-bond donors (Lipinski definition) is 1. The molecule has 118 valence electrons. The molecule has 0 radical (unpaired) electrons. The Morgan fingerprint density at radius 1 is 1.19 bits per heavy atom. The van der Waals surface area contributed by atoms with Crippen LogP contribution in [0.2, 0.25) is 0 Å². The van der Waals surface area contributed by atoms with Crippen molar-refractivity contribution in [2.75, 3.05) is 18.1 Å². The molecule has 1 N–H and O–H groups in total. The second kappa shape index (κ2) is 6.39. The van der Waals surface area contributed by atoms with Crippen LogP contribution in [0.1, 0.15) is 46.0 Å². The molecule has 21 heavy (non-hydrogen) atoms. The third-order valence-electron chi connectivity index (χ3n) is 4.45. The average molecular weight is 309 g/mol. The van der Waals surface area contributed by atoms with E-state index in [2.05, 4.69) is 19.2 Å². The Balaban J connectivity index is 2.15. The predicted molar refractivity (Wildman–Crippen MR) is 88.4 cm³/mol. The van der Waals surface area contributed by atoms with Crippen LogP contribution < -0.4 is 5.32 Å². The van der Waals surface area contributed by atoms with Gasteiger partial charge in [-0.05, 0) is 42.7 Å². The van der Waals surface area contributed by atoms with E-state index in [0.29, 0.717) is 16.2 Å². The molecule has 2 rings (SSSR count). The van der Waals surface area contributed by atoms with Crippen LogP contribution in [0.5, 0.6) is 0 Å². The standard InChI is InChI=1S/C17H27NO2S/c1-14(2)12-17(10-6-7-11-17)13-18-15-8-4-5-9-16(15)21(3,19)20/h4-5,8-9,14,18H,6-7,10-13H2,1-3H3. The lowest BCUT2D eigenvalue weighted by molar-refractivity contribution is 0.252. The maximum Gasteiger partial charge on any atom is 0.177 e. The first-order valence-corrected chi connectivity index (χ1v) is 9.75. The van der Waals surface area contributed by atoms with E-state index in [9.17, 15) is 8.42 Å².